The van der Waals surface area contributed by atoms with Gasteiger partial charge in [0.2, 0.25) is 5.91 Å². The number of hydrogen-bond donors (Lipinski definition) is 1. The topological polar surface area (TPSA) is 47.6 Å². The lowest BCUT2D eigenvalue weighted by molar-refractivity contribution is -0.134. The maximum absolute atomic E-state index is 13.4. The quantitative estimate of drug-likeness (QED) is 0.884. The molecule has 0 saturated heterocycles. The summed E-state index contributed by atoms with van der Waals surface area (Å²) < 4.78 is 24.4. The molecule has 0 aromatic heterocycles. The summed E-state index contributed by atoms with van der Waals surface area (Å²) in [6.07, 6.45) is 6.27. The first-order chi connectivity index (χ1) is 12.0. The molecule has 136 valence electrons. The van der Waals surface area contributed by atoms with Crippen molar-refractivity contribution in [3.05, 3.63) is 24.0 Å². The highest BCUT2D eigenvalue weighted by molar-refractivity contribution is 5.80. The van der Waals surface area contributed by atoms with E-state index in [0.717, 1.165) is 18.8 Å². The summed E-state index contributed by atoms with van der Waals surface area (Å²) in [4.78, 5) is 12.3. The standard InChI is InChI=1S/C20H26FNO3/c1-12-8-20(9-12)10-15(11-20)22-19(23)13-5-16(6-13)25-18-7-14(21)3-4-17(18)24-2/h3-4,7,12-13,15-16H,5-6,8-11H2,1-2H3,(H,22,23)/t12?,13-,15?,16-,20?. The minimum atomic E-state index is -0.353. The van der Waals surface area contributed by atoms with Gasteiger partial charge in [-0.2, -0.15) is 0 Å². The number of benzene rings is 1. The van der Waals surface area contributed by atoms with E-state index < -0.39 is 0 Å². The van der Waals surface area contributed by atoms with Crippen LogP contribution < -0.4 is 14.8 Å². The first-order valence-electron chi connectivity index (χ1n) is 9.27. The predicted octanol–water partition coefficient (Wildman–Crippen LogP) is 3.69. The van der Waals surface area contributed by atoms with E-state index in [1.807, 2.05) is 0 Å². The Morgan fingerprint density at radius 2 is 1.92 bits per heavy atom. The van der Waals surface area contributed by atoms with Crippen molar-refractivity contribution in [3.8, 4) is 11.5 Å². The van der Waals surface area contributed by atoms with Gasteiger partial charge in [-0.1, -0.05) is 6.92 Å². The largest absolute Gasteiger partial charge is 0.493 e. The minimum Gasteiger partial charge on any atom is -0.493 e. The highest BCUT2D eigenvalue weighted by Gasteiger charge is 2.52. The van der Waals surface area contributed by atoms with E-state index in [9.17, 15) is 9.18 Å². The minimum absolute atomic E-state index is 0.0152. The van der Waals surface area contributed by atoms with Crippen LogP contribution in [0, 0.1) is 23.1 Å². The molecule has 1 amide bonds. The van der Waals surface area contributed by atoms with Crippen LogP contribution in [0.15, 0.2) is 18.2 Å². The van der Waals surface area contributed by atoms with Crippen molar-refractivity contribution in [2.24, 2.45) is 17.3 Å². The molecule has 0 bridgehead atoms. The molecule has 3 fully saturated rings. The van der Waals surface area contributed by atoms with Crippen LogP contribution >= 0.6 is 0 Å². The van der Waals surface area contributed by atoms with Gasteiger partial charge in [0, 0.05) is 18.0 Å². The Morgan fingerprint density at radius 1 is 1.20 bits per heavy atom. The lowest BCUT2D eigenvalue weighted by atomic mass is 9.50. The molecule has 25 heavy (non-hydrogen) atoms. The lowest BCUT2D eigenvalue weighted by Crippen LogP contribution is -2.57. The smallest absolute Gasteiger partial charge is 0.223 e. The second kappa shape index (κ2) is 6.19. The Balaban J connectivity index is 1.21. The number of amides is 1. The normalized spacial score (nSPS) is 36.0. The van der Waals surface area contributed by atoms with E-state index in [1.165, 1.54) is 32.1 Å². The van der Waals surface area contributed by atoms with E-state index >= 15 is 0 Å². The summed E-state index contributed by atoms with van der Waals surface area (Å²) in [5, 5.41) is 3.19. The molecule has 1 aromatic carbocycles. The van der Waals surface area contributed by atoms with Crippen molar-refractivity contribution < 1.29 is 18.7 Å². The van der Waals surface area contributed by atoms with E-state index in [1.54, 1.807) is 6.07 Å². The predicted molar refractivity (Wildman–Crippen MR) is 92.1 cm³/mol. The first-order valence-corrected chi connectivity index (χ1v) is 9.27. The fraction of sp³-hybridized carbons (Fsp3) is 0.650. The number of carbonyl (C=O) groups excluding carboxylic acids is 1. The monoisotopic (exact) mass is 347 g/mol. The zero-order valence-electron chi connectivity index (χ0n) is 14.9. The Hall–Kier alpha value is -1.78. The van der Waals surface area contributed by atoms with E-state index in [4.69, 9.17) is 9.47 Å². The first kappa shape index (κ1) is 16.7. The fourth-order valence-electron chi connectivity index (χ4n) is 4.96. The van der Waals surface area contributed by atoms with Crippen molar-refractivity contribution in [1.29, 1.82) is 0 Å². The summed E-state index contributed by atoms with van der Waals surface area (Å²) in [5.74, 6) is 1.60. The molecule has 0 atom stereocenters. The van der Waals surface area contributed by atoms with Gasteiger partial charge in [-0.3, -0.25) is 4.79 Å². The number of methoxy groups -OCH3 is 1. The summed E-state index contributed by atoms with van der Waals surface area (Å²) in [7, 11) is 1.53. The zero-order valence-corrected chi connectivity index (χ0v) is 14.9. The van der Waals surface area contributed by atoms with Crippen molar-refractivity contribution in [2.45, 2.75) is 57.6 Å². The molecule has 3 aliphatic carbocycles. The molecule has 0 aliphatic heterocycles. The number of nitrogens with one attached hydrogen (secondary N) is 1. The van der Waals surface area contributed by atoms with Gasteiger partial charge in [-0.25, -0.2) is 4.39 Å². The van der Waals surface area contributed by atoms with Crippen LogP contribution in [0.2, 0.25) is 0 Å². The van der Waals surface area contributed by atoms with Gasteiger partial charge in [0.15, 0.2) is 11.5 Å². The van der Waals surface area contributed by atoms with Crippen LogP contribution in [-0.4, -0.2) is 25.2 Å². The molecule has 3 saturated carbocycles. The molecule has 0 heterocycles. The summed E-state index contributed by atoms with van der Waals surface area (Å²) in [6.45, 7) is 2.30. The second-order valence-electron chi connectivity index (χ2n) is 8.33. The maximum Gasteiger partial charge on any atom is 0.223 e. The highest BCUT2D eigenvalue weighted by atomic mass is 19.1. The Bertz CT molecular complexity index is 657. The molecule has 0 unspecified atom stereocenters. The van der Waals surface area contributed by atoms with Crippen LogP contribution in [0.25, 0.3) is 0 Å². The Morgan fingerprint density at radius 3 is 2.56 bits per heavy atom. The summed E-state index contributed by atoms with van der Waals surface area (Å²) in [5.41, 5.74) is 0.552. The van der Waals surface area contributed by atoms with Crippen LogP contribution in [-0.2, 0) is 4.79 Å². The van der Waals surface area contributed by atoms with Gasteiger partial charge in [0.25, 0.3) is 0 Å². The van der Waals surface area contributed by atoms with Crippen LogP contribution in [0.4, 0.5) is 4.39 Å². The van der Waals surface area contributed by atoms with Crippen molar-refractivity contribution >= 4 is 5.91 Å². The van der Waals surface area contributed by atoms with Gasteiger partial charge in [-0.15, -0.1) is 0 Å². The van der Waals surface area contributed by atoms with Gasteiger partial charge < -0.3 is 14.8 Å². The SMILES string of the molecule is COc1ccc(F)cc1O[C@H]1C[C@H](C(=O)NC2CC3(CC(C)C3)C2)C1. The van der Waals surface area contributed by atoms with Crippen molar-refractivity contribution in [3.63, 3.8) is 0 Å². The maximum atomic E-state index is 13.4. The van der Waals surface area contributed by atoms with E-state index in [2.05, 4.69) is 12.2 Å². The number of carbonyl (C=O) groups is 1. The third kappa shape index (κ3) is 3.21. The summed E-state index contributed by atoms with van der Waals surface area (Å²) >= 11 is 0. The second-order valence-corrected chi connectivity index (χ2v) is 8.33. The molecule has 1 N–H and O–H groups in total. The van der Waals surface area contributed by atoms with E-state index in [-0.39, 0.29) is 23.7 Å². The van der Waals surface area contributed by atoms with Crippen LogP contribution in [0.5, 0.6) is 11.5 Å². The molecular weight excluding hydrogens is 321 g/mol. The molecule has 5 heteroatoms. The van der Waals surface area contributed by atoms with Gasteiger partial charge in [0.05, 0.1) is 7.11 Å². The third-order valence-electron chi connectivity index (χ3n) is 6.15. The molecule has 0 radical (unpaired) electrons. The van der Waals surface area contributed by atoms with Gasteiger partial charge in [-0.05, 0) is 62.0 Å². The third-order valence-corrected chi connectivity index (χ3v) is 6.15. The molecule has 3 aliphatic rings. The van der Waals surface area contributed by atoms with E-state index in [0.29, 0.717) is 35.8 Å². The zero-order chi connectivity index (χ0) is 17.6. The van der Waals surface area contributed by atoms with Crippen LogP contribution in [0.1, 0.15) is 45.4 Å². The molecular formula is C20H26FNO3. The van der Waals surface area contributed by atoms with Crippen molar-refractivity contribution in [2.75, 3.05) is 7.11 Å². The number of halogens is 1. The highest BCUT2D eigenvalue weighted by Crippen LogP contribution is 2.58. The summed E-state index contributed by atoms with van der Waals surface area (Å²) in [6, 6.07) is 4.60. The number of rotatable bonds is 5. The Labute approximate surface area is 148 Å². The molecule has 1 spiro atoms. The number of ether oxygens (including phenoxy) is 2. The van der Waals surface area contributed by atoms with Crippen LogP contribution in [0.3, 0.4) is 0 Å². The molecule has 4 rings (SSSR count). The average molecular weight is 347 g/mol. The fourth-order valence-corrected chi connectivity index (χ4v) is 4.96. The van der Waals surface area contributed by atoms with Gasteiger partial charge in [0.1, 0.15) is 11.9 Å². The number of hydrogen-bond acceptors (Lipinski definition) is 3. The molecule has 4 nitrogen and oxygen atoms in total. The Kier molecular flexibility index (Phi) is 4.13. The average Bonchev–Trinajstić information content (AvgIpc) is 2.47. The lowest BCUT2D eigenvalue weighted by Gasteiger charge is -2.57. The van der Waals surface area contributed by atoms with Crippen molar-refractivity contribution in [1.82, 2.24) is 5.32 Å². The molecule has 1 aromatic rings. The van der Waals surface area contributed by atoms with Gasteiger partial charge >= 0.3 is 0 Å².